The van der Waals surface area contributed by atoms with Gasteiger partial charge in [-0.2, -0.15) is 9.67 Å². The molecule has 3 rings (SSSR count). The molecule has 0 bridgehead atoms. The van der Waals surface area contributed by atoms with Gasteiger partial charge in [-0.15, -0.1) is 0 Å². The van der Waals surface area contributed by atoms with E-state index in [9.17, 15) is 24.1 Å². The number of benzene rings is 1. The van der Waals surface area contributed by atoms with Crippen LogP contribution in [0.1, 0.15) is 16.4 Å². The smallest absolute Gasteiger partial charge is 0.358 e. The zero-order valence-electron chi connectivity index (χ0n) is 16.0. The van der Waals surface area contributed by atoms with Crippen LogP contribution >= 0.6 is 11.6 Å². The average Bonchev–Trinajstić information content (AvgIpc) is 3.32. The molecule has 1 aromatic carbocycles. The van der Waals surface area contributed by atoms with Crippen molar-refractivity contribution in [1.29, 1.82) is 0 Å². The molecule has 2 aromatic heterocycles. The summed E-state index contributed by atoms with van der Waals surface area (Å²) in [6.07, 6.45) is 0. The molecular formula is C17H15ClFN7O5. The quantitative estimate of drug-likeness (QED) is 0.296. The van der Waals surface area contributed by atoms with Crippen LogP contribution in [0.4, 0.5) is 10.2 Å². The molecule has 2 heterocycles. The first-order valence-corrected chi connectivity index (χ1v) is 9.16. The number of rotatable bonds is 8. The molecule has 0 aliphatic carbocycles. The number of carbonyl (C=O) groups is 2. The first-order valence-electron chi connectivity index (χ1n) is 8.78. The van der Waals surface area contributed by atoms with E-state index in [0.717, 1.165) is 4.68 Å². The fourth-order valence-electron chi connectivity index (χ4n) is 2.49. The highest BCUT2D eigenvalue weighted by molar-refractivity contribution is 6.33. The first kappa shape index (κ1) is 21.8. The highest BCUT2D eigenvalue weighted by Crippen LogP contribution is 2.26. The lowest BCUT2D eigenvalue weighted by atomic mass is 10.2. The van der Waals surface area contributed by atoms with Crippen molar-refractivity contribution in [3.05, 3.63) is 56.8 Å². The van der Waals surface area contributed by atoms with E-state index < -0.39 is 28.4 Å². The molecule has 0 radical (unpaired) electrons. The molecule has 2 amide bonds. The molecule has 162 valence electrons. The molecule has 31 heavy (non-hydrogen) atoms. The minimum atomic E-state index is -0.742. The Kier molecular flexibility index (Phi) is 6.55. The fraction of sp³-hybridized carbons (Fsp3) is 0.235. The van der Waals surface area contributed by atoms with Crippen molar-refractivity contribution in [2.24, 2.45) is 0 Å². The Morgan fingerprint density at radius 1 is 1.29 bits per heavy atom. The predicted molar refractivity (Wildman–Crippen MR) is 104 cm³/mol. The summed E-state index contributed by atoms with van der Waals surface area (Å²) < 4.78 is 19.7. The molecule has 0 aliphatic rings. The maximum atomic E-state index is 13.7. The zero-order chi connectivity index (χ0) is 22.5. The number of hydrogen-bond donors (Lipinski definition) is 2. The van der Waals surface area contributed by atoms with Crippen LogP contribution in [0.5, 0.6) is 0 Å². The molecule has 0 spiro atoms. The summed E-state index contributed by atoms with van der Waals surface area (Å²) in [5, 5.41) is 22.9. The van der Waals surface area contributed by atoms with Gasteiger partial charge < -0.3 is 25.3 Å². The third kappa shape index (κ3) is 5.01. The number of hydrogen-bond acceptors (Lipinski definition) is 8. The van der Waals surface area contributed by atoms with Crippen molar-refractivity contribution < 1.29 is 23.4 Å². The van der Waals surface area contributed by atoms with Gasteiger partial charge in [-0.05, 0) is 24.0 Å². The highest BCUT2D eigenvalue weighted by atomic mass is 35.5. The van der Waals surface area contributed by atoms with E-state index in [0.29, 0.717) is 0 Å². The van der Waals surface area contributed by atoms with E-state index in [-0.39, 0.29) is 47.6 Å². The summed E-state index contributed by atoms with van der Waals surface area (Å²) in [5.74, 6) is -2.72. The van der Waals surface area contributed by atoms with Crippen molar-refractivity contribution >= 4 is 29.2 Å². The molecule has 0 fully saturated rings. The Labute approximate surface area is 178 Å². The summed E-state index contributed by atoms with van der Waals surface area (Å²) >= 11 is 5.82. The highest BCUT2D eigenvalue weighted by Gasteiger charge is 2.25. The van der Waals surface area contributed by atoms with E-state index in [1.54, 1.807) is 6.07 Å². The van der Waals surface area contributed by atoms with Crippen molar-refractivity contribution in [2.45, 2.75) is 13.5 Å². The van der Waals surface area contributed by atoms with E-state index in [1.165, 1.54) is 25.1 Å². The molecule has 0 unspecified atom stereocenters. The number of aromatic nitrogens is 4. The molecule has 0 saturated heterocycles. The predicted octanol–water partition coefficient (Wildman–Crippen LogP) is 1.49. The lowest BCUT2D eigenvalue weighted by molar-refractivity contribution is -0.389. The van der Waals surface area contributed by atoms with E-state index in [1.807, 2.05) is 0 Å². The maximum absolute atomic E-state index is 13.7. The number of carbonyl (C=O) groups excluding carboxylic acids is 2. The van der Waals surface area contributed by atoms with Crippen LogP contribution in [0.2, 0.25) is 5.02 Å². The number of amides is 2. The van der Waals surface area contributed by atoms with Gasteiger partial charge in [0.2, 0.25) is 11.7 Å². The van der Waals surface area contributed by atoms with Gasteiger partial charge in [-0.3, -0.25) is 9.59 Å². The Balaban J connectivity index is 1.47. The summed E-state index contributed by atoms with van der Waals surface area (Å²) in [7, 11) is 0. The SMILES string of the molecule is Cc1c(Cl)c([N+](=O)[O-])nn1CC(=O)NCCNC(=O)c1nc(-c2ccccc2F)no1. The largest absolute Gasteiger partial charge is 0.408 e. The van der Waals surface area contributed by atoms with Crippen LogP contribution < -0.4 is 10.6 Å². The van der Waals surface area contributed by atoms with E-state index in [2.05, 4.69) is 25.9 Å². The van der Waals surface area contributed by atoms with Gasteiger partial charge in [0.15, 0.2) is 5.02 Å². The van der Waals surface area contributed by atoms with Crippen molar-refractivity contribution in [3.8, 4) is 11.4 Å². The second-order valence-electron chi connectivity index (χ2n) is 6.15. The Morgan fingerprint density at radius 2 is 2.00 bits per heavy atom. The number of nitrogens with zero attached hydrogens (tertiary/aromatic N) is 5. The van der Waals surface area contributed by atoms with Crippen LogP contribution in [0.15, 0.2) is 28.8 Å². The van der Waals surface area contributed by atoms with Gasteiger partial charge in [-0.25, -0.2) is 4.39 Å². The molecule has 0 saturated carbocycles. The van der Waals surface area contributed by atoms with Gasteiger partial charge in [0.1, 0.15) is 12.4 Å². The molecule has 14 heteroatoms. The van der Waals surface area contributed by atoms with E-state index >= 15 is 0 Å². The number of halogens is 2. The van der Waals surface area contributed by atoms with E-state index in [4.69, 9.17) is 16.1 Å². The monoisotopic (exact) mass is 451 g/mol. The molecule has 0 atom stereocenters. The normalized spacial score (nSPS) is 10.7. The topological polar surface area (TPSA) is 158 Å². The fourth-order valence-corrected chi connectivity index (χ4v) is 2.70. The van der Waals surface area contributed by atoms with Crippen molar-refractivity contribution in [1.82, 2.24) is 30.6 Å². The van der Waals surface area contributed by atoms with Gasteiger partial charge in [0, 0.05) is 13.1 Å². The van der Waals surface area contributed by atoms with Gasteiger partial charge in [0.25, 0.3) is 0 Å². The van der Waals surface area contributed by atoms with Crippen LogP contribution in [-0.4, -0.2) is 49.7 Å². The Hall–Kier alpha value is -3.87. The maximum Gasteiger partial charge on any atom is 0.408 e. The van der Waals surface area contributed by atoms with Crippen LogP contribution in [0, 0.1) is 22.9 Å². The van der Waals surface area contributed by atoms with Crippen LogP contribution in [0.3, 0.4) is 0 Å². The third-order valence-corrected chi connectivity index (χ3v) is 4.49. The summed E-state index contributed by atoms with van der Waals surface area (Å²) in [4.78, 5) is 38.0. The van der Waals surface area contributed by atoms with Crippen LogP contribution in [-0.2, 0) is 11.3 Å². The molecule has 3 aromatic rings. The Bertz CT molecular complexity index is 1150. The van der Waals surface area contributed by atoms with Crippen molar-refractivity contribution in [2.75, 3.05) is 13.1 Å². The van der Waals surface area contributed by atoms with Crippen LogP contribution in [0.25, 0.3) is 11.4 Å². The Morgan fingerprint density at radius 3 is 2.68 bits per heavy atom. The zero-order valence-corrected chi connectivity index (χ0v) is 16.7. The number of nitrogens with one attached hydrogen (secondary N) is 2. The summed E-state index contributed by atoms with van der Waals surface area (Å²) in [6.45, 7) is 1.29. The third-order valence-electron chi connectivity index (χ3n) is 4.05. The first-order chi connectivity index (χ1) is 14.8. The van der Waals surface area contributed by atoms with Crippen molar-refractivity contribution in [3.63, 3.8) is 0 Å². The number of nitro groups is 1. The standard InChI is InChI=1S/C17H15ClFN7O5/c1-9-13(18)15(26(29)30)23-25(9)8-12(27)20-6-7-21-16(28)17-22-14(24-31-17)10-4-2-3-5-11(10)19/h2-5H,6-8H2,1H3,(H,20,27)(H,21,28). The molecule has 0 aliphatic heterocycles. The summed E-state index contributed by atoms with van der Waals surface area (Å²) in [5.41, 5.74) is 0.366. The average molecular weight is 452 g/mol. The lowest BCUT2D eigenvalue weighted by Crippen LogP contribution is -2.36. The molecule has 2 N–H and O–H groups in total. The van der Waals surface area contributed by atoms with Gasteiger partial charge in [-0.1, -0.05) is 28.9 Å². The lowest BCUT2D eigenvalue weighted by Gasteiger charge is -2.05. The van der Waals surface area contributed by atoms with Gasteiger partial charge in [0.05, 0.1) is 16.4 Å². The summed E-state index contributed by atoms with van der Waals surface area (Å²) in [6, 6.07) is 5.77. The molecule has 12 nitrogen and oxygen atoms in total. The minimum absolute atomic E-state index is 0.0287. The second kappa shape index (κ2) is 9.30. The molecular weight excluding hydrogens is 437 g/mol. The van der Waals surface area contributed by atoms with Gasteiger partial charge >= 0.3 is 17.6 Å². The second-order valence-corrected chi connectivity index (χ2v) is 6.52. The minimum Gasteiger partial charge on any atom is -0.358 e.